The lowest BCUT2D eigenvalue weighted by Gasteiger charge is -2.34. The number of nitrogens with zero attached hydrogens (tertiary/aromatic N) is 5. The Kier molecular flexibility index (Phi) is 3.90. The Morgan fingerprint density at radius 3 is 2.83 bits per heavy atom. The molecule has 1 amide bonds. The van der Waals surface area contributed by atoms with Crippen LogP contribution in [0.4, 0.5) is 0 Å². The molecule has 2 aromatic heterocycles. The third kappa shape index (κ3) is 3.16. The van der Waals surface area contributed by atoms with Crippen molar-refractivity contribution in [1.82, 2.24) is 24.6 Å². The van der Waals surface area contributed by atoms with Crippen molar-refractivity contribution < 1.29 is 4.79 Å². The number of hydrogen-bond donors (Lipinski definition) is 0. The smallest absolute Gasteiger partial charge is 0.226 e. The number of carbonyl (C=O) groups is 1. The fraction of sp³-hybridized carbons (Fsp3) is 0.562. The van der Waals surface area contributed by atoms with Gasteiger partial charge in [0.05, 0.1) is 17.4 Å². The molecular weight excluding hydrogens is 310 g/mol. The summed E-state index contributed by atoms with van der Waals surface area (Å²) in [4.78, 5) is 21.4. The Labute approximate surface area is 139 Å². The SMILES string of the molecule is Cn1cc([C@@H]2C[C@H]2C(=O)N2CCN(Cc3cscn3)CC2)cn1. The van der Waals surface area contributed by atoms with Crippen LogP contribution in [0.5, 0.6) is 0 Å². The van der Waals surface area contributed by atoms with E-state index in [1.165, 1.54) is 5.56 Å². The lowest BCUT2D eigenvalue weighted by atomic mass is 10.1. The van der Waals surface area contributed by atoms with E-state index in [2.05, 4.69) is 20.4 Å². The number of rotatable bonds is 4. The maximum Gasteiger partial charge on any atom is 0.226 e. The standard InChI is InChI=1S/C16H21N5OS/c1-19-8-12(7-18-19)14-6-15(14)16(22)21-4-2-20(3-5-21)9-13-10-23-11-17-13/h7-8,10-11,14-15H,2-6,9H2,1H3/t14-,15+/m0/s1. The van der Waals surface area contributed by atoms with Crippen LogP contribution in [0.15, 0.2) is 23.3 Å². The summed E-state index contributed by atoms with van der Waals surface area (Å²) in [7, 11) is 1.92. The molecule has 4 rings (SSSR count). The van der Waals surface area contributed by atoms with Crippen LogP contribution in [0.2, 0.25) is 0 Å². The lowest BCUT2D eigenvalue weighted by molar-refractivity contribution is -0.134. The van der Waals surface area contributed by atoms with Gasteiger partial charge in [0.1, 0.15) is 0 Å². The highest BCUT2D eigenvalue weighted by Gasteiger charge is 2.46. The van der Waals surface area contributed by atoms with Crippen molar-refractivity contribution in [2.24, 2.45) is 13.0 Å². The zero-order chi connectivity index (χ0) is 15.8. The Bertz CT molecular complexity index is 674. The third-order valence-corrected chi connectivity index (χ3v) is 5.45. The zero-order valence-electron chi connectivity index (χ0n) is 13.3. The second-order valence-electron chi connectivity index (χ2n) is 6.48. The number of aryl methyl sites for hydroxylation is 1. The van der Waals surface area contributed by atoms with Crippen LogP contribution >= 0.6 is 11.3 Å². The van der Waals surface area contributed by atoms with Crippen molar-refractivity contribution in [3.05, 3.63) is 34.5 Å². The van der Waals surface area contributed by atoms with Crippen molar-refractivity contribution in [2.75, 3.05) is 26.2 Å². The number of aromatic nitrogens is 3. The zero-order valence-corrected chi connectivity index (χ0v) is 14.1. The van der Waals surface area contributed by atoms with Crippen molar-refractivity contribution in [2.45, 2.75) is 18.9 Å². The lowest BCUT2D eigenvalue weighted by Crippen LogP contribution is -2.48. The number of carbonyl (C=O) groups excluding carboxylic acids is 1. The van der Waals surface area contributed by atoms with Gasteiger partial charge in [0.25, 0.3) is 0 Å². The van der Waals surface area contributed by atoms with Gasteiger partial charge in [-0.05, 0) is 17.9 Å². The molecule has 1 saturated heterocycles. The number of thiazole rings is 1. The highest BCUT2D eigenvalue weighted by atomic mass is 32.1. The van der Waals surface area contributed by atoms with Crippen LogP contribution in [-0.2, 0) is 18.4 Å². The van der Waals surface area contributed by atoms with E-state index in [1.807, 2.05) is 34.5 Å². The van der Waals surface area contributed by atoms with E-state index in [9.17, 15) is 4.79 Å². The van der Waals surface area contributed by atoms with Crippen LogP contribution in [-0.4, -0.2) is 56.7 Å². The van der Waals surface area contributed by atoms with E-state index in [0.717, 1.165) is 44.8 Å². The number of amides is 1. The summed E-state index contributed by atoms with van der Waals surface area (Å²) in [5, 5.41) is 6.31. The molecule has 6 nitrogen and oxygen atoms in total. The van der Waals surface area contributed by atoms with Gasteiger partial charge in [0.2, 0.25) is 5.91 Å². The van der Waals surface area contributed by atoms with Gasteiger partial charge < -0.3 is 4.90 Å². The van der Waals surface area contributed by atoms with E-state index >= 15 is 0 Å². The van der Waals surface area contributed by atoms with Crippen molar-refractivity contribution in [3.8, 4) is 0 Å². The molecule has 0 radical (unpaired) electrons. The fourth-order valence-electron chi connectivity index (χ4n) is 3.37. The molecule has 7 heteroatoms. The van der Waals surface area contributed by atoms with Crippen LogP contribution in [0.3, 0.4) is 0 Å². The molecule has 23 heavy (non-hydrogen) atoms. The third-order valence-electron chi connectivity index (χ3n) is 4.81. The average Bonchev–Trinajstić information content (AvgIpc) is 2.96. The summed E-state index contributed by atoms with van der Waals surface area (Å²) in [6.07, 6.45) is 4.90. The molecule has 122 valence electrons. The van der Waals surface area contributed by atoms with Gasteiger partial charge in [-0.3, -0.25) is 14.4 Å². The fourth-order valence-corrected chi connectivity index (χ4v) is 3.92. The first-order chi connectivity index (χ1) is 11.2. The number of piperazine rings is 1. The van der Waals surface area contributed by atoms with Crippen LogP contribution in [0.1, 0.15) is 23.6 Å². The van der Waals surface area contributed by atoms with E-state index < -0.39 is 0 Å². The van der Waals surface area contributed by atoms with Crippen molar-refractivity contribution in [3.63, 3.8) is 0 Å². The Morgan fingerprint density at radius 1 is 1.35 bits per heavy atom. The molecule has 0 unspecified atom stereocenters. The van der Waals surface area contributed by atoms with Crippen LogP contribution in [0, 0.1) is 5.92 Å². The Hall–Kier alpha value is -1.73. The minimum atomic E-state index is 0.171. The van der Waals surface area contributed by atoms with Gasteiger partial charge >= 0.3 is 0 Å². The van der Waals surface area contributed by atoms with E-state index in [0.29, 0.717) is 11.8 Å². The summed E-state index contributed by atoms with van der Waals surface area (Å²) in [5.41, 5.74) is 4.21. The molecule has 3 heterocycles. The van der Waals surface area contributed by atoms with E-state index in [4.69, 9.17) is 0 Å². The molecule has 0 aromatic carbocycles. The molecule has 0 bridgehead atoms. The van der Waals surface area contributed by atoms with E-state index in [-0.39, 0.29) is 5.92 Å². The molecule has 2 fully saturated rings. The quantitative estimate of drug-likeness (QED) is 0.848. The Balaban J connectivity index is 1.28. The van der Waals surface area contributed by atoms with Crippen LogP contribution < -0.4 is 0 Å². The maximum absolute atomic E-state index is 12.6. The largest absolute Gasteiger partial charge is 0.340 e. The predicted molar refractivity (Wildman–Crippen MR) is 88.0 cm³/mol. The first-order valence-electron chi connectivity index (χ1n) is 8.07. The second kappa shape index (κ2) is 6.05. The molecule has 1 aliphatic heterocycles. The normalized spacial score (nSPS) is 24.8. The summed E-state index contributed by atoms with van der Waals surface area (Å²) in [6.45, 7) is 4.44. The van der Waals surface area contributed by atoms with Gasteiger partial charge in [-0.2, -0.15) is 5.10 Å². The maximum atomic E-state index is 12.6. The molecule has 1 saturated carbocycles. The number of hydrogen-bond acceptors (Lipinski definition) is 5. The summed E-state index contributed by atoms with van der Waals surface area (Å²) < 4.78 is 1.81. The minimum Gasteiger partial charge on any atom is -0.340 e. The molecule has 0 N–H and O–H groups in total. The monoisotopic (exact) mass is 331 g/mol. The molecule has 0 spiro atoms. The Morgan fingerprint density at radius 2 is 2.17 bits per heavy atom. The molecule has 2 atom stereocenters. The first kappa shape index (κ1) is 14.8. The second-order valence-corrected chi connectivity index (χ2v) is 7.20. The van der Waals surface area contributed by atoms with Gasteiger partial charge in [0.15, 0.2) is 0 Å². The van der Waals surface area contributed by atoms with Gasteiger partial charge in [-0.25, -0.2) is 4.98 Å². The van der Waals surface area contributed by atoms with Gasteiger partial charge in [-0.15, -0.1) is 11.3 Å². The minimum absolute atomic E-state index is 0.171. The highest BCUT2D eigenvalue weighted by molar-refractivity contribution is 7.07. The van der Waals surface area contributed by atoms with Gasteiger partial charge in [0, 0.05) is 57.3 Å². The average molecular weight is 331 g/mol. The van der Waals surface area contributed by atoms with Gasteiger partial charge in [-0.1, -0.05) is 0 Å². The summed E-state index contributed by atoms with van der Waals surface area (Å²) in [5.74, 6) is 0.876. The topological polar surface area (TPSA) is 54.3 Å². The van der Waals surface area contributed by atoms with E-state index in [1.54, 1.807) is 11.3 Å². The van der Waals surface area contributed by atoms with Crippen LogP contribution in [0.25, 0.3) is 0 Å². The molecule has 2 aromatic rings. The highest BCUT2D eigenvalue weighted by Crippen LogP contribution is 2.48. The predicted octanol–water partition coefficient (Wildman–Crippen LogP) is 1.32. The van der Waals surface area contributed by atoms with Crippen molar-refractivity contribution >= 4 is 17.2 Å². The molecule has 2 aliphatic rings. The summed E-state index contributed by atoms with van der Waals surface area (Å²) >= 11 is 1.64. The first-order valence-corrected chi connectivity index (χ1v) is 9.02. The summed E-state index contributed by atoms with van der Waals surface area (Å²) in [6, 6.07) is 0. The molecule has 1 aliphatic carbocycles. The molecular formula is C16H21N5OS. The van der Waals surface area contributed by atoms with Crippen molar-refractivity contribution in [1.29, 1.82) is 0 Å².